The van der Waals surface area contributed by atoms with Gasteiger partial charge in [0.1, 0.15) is 5.82 Å². The molecule has 5 rings (SSSR count). The Hall–Kier alpha value is -3.42. The summed E-state index contributed by atoms with van der Waals surface area (Å²) < 4.78 is 61.6. The summed E-state index contributed by atoms with van der Waals surface area (Å²) in [5.74, 6) is -1.75. The van der Waals surface area contributed by atoms with Crippen LogP contribution in [0.3, 0.4) is 0 Å². The molecule has 1 saturated heterocycles. The van der Waals surface area contributed by atoms with E-state index in [1.165, 1.54) is 30.0 Å². The fraction of sp³-hybridized carbons (Fsp3) is 0.286. The monoisotopic (exact) mass is 489 g/mol. The van der Waals surface area contributed by atoms with E-state index in [9.17, 15) is 17.2 Å². The summed E-state index contributed by atoms with van der Waals surface area (Å²) in [5.41, 5.74) is 1.86. The number of aromatic nitrogens is 5. The van der Waals surface area contributed by atoms with Gasteiger partial charge >= 0.3 is 10.2 Å². The van der Waals surface area contributed by atoms with Crippen LogP contribution in [0.4, 0.5) is 8.78 Å². The highest BCUT2D eigenvalue weighted by atomic mass is 32.2. The second-order valence-corrected chi connectivity index (χ2v) is 9.76. The molecule has 10 nitrogen and oxygen atoms in total. The van der Waals surface area contributed by atoms with Gasteiger partial charge in [0.2, 0.25) is 0 Å². The molecule has 0 unspecified atom stereocenters. The van der Waals surface area contributed by atoms with E-state index in [4.69, 9.17) is 4.74 Å². The Kier molecular flexibility index (Phi) is 5.54. The second-order valence-electron chi connectivity index (χ2n) is 7.97. The lowest BCUT2D eigenvalue weighted by molar-refractivity contribution is 0.220. The first-order valence-electron chi connectivity index (χ1n) is 10.4. The molecule has 1 N–H and O–H groups in total. The third-order valence-corrected chi connectivity index (χ3v) is 7.50. The number of hydrogen-bond acceptors (Lipinski definition) is 7. The normalized spacial score (nSPS) is 15.8. The third kappa shape index (κ3) is 3.81. The van der Waals surface area contributed by atoms with Gasteiger partial charge in [-0.15, -0.1) is 0 Å². The summed E-state index contributed by atoms with van der Waals surface area (Å²) >= 11 is 0. The average Bonchev–Trinajstić information content (AvgIpc) is 3.46. The van der Waals surface area contributed by atoms with Crippen molar-refractivity contribution in [3.8, 4) is 28.1 Å². The number of nitrogens with one attached hydrogen (secondary N) is 1. The first-order chi connectivity index (χ1) is 16.3. The van der Waals surface area contributed by atoms with Crippen molar-refractivity contribution in [2.24, 2.45) is 0 Å². The Balaban J connectivity index is 1.53. The number of piperazine rings is 1. The minimum Gasteiger partial charge on any atom is -0.493 e. The standard InChI is InChI=1S/C21H21F2N7O3S/c1-28-3-5-29(6-4-28)34(31,32)30-12-14(11-25-30)13-7-17-19(26-27-21(17)24-10-13)16-8-15(22)9-18(23)20(16)33-2/h7-12H,3-6H2,1-2H3,(H,24,26,27). The molecule has 0 saturated carbocycles. The smallest absolute Gasteiger partial charge is 0.323 e. The largest absolute Gasteiger partial charge is 0.493 e. The molecule has 0 amide bonds. The predicted molar refractivity (Wildman–Crippen MR) is 120 cm³/mol. The molecule has 1 fully saturated rings. The van der Waals surface area contributed by atoms with Gasteiger partial charge in [-0.2, -0.15) is 27.0 Å². The molecule has 1 aliphatic rings. The van der Waals surface area contributed by atoms with E-state index in [1.807, 2.05) is 7.05 Å². The molecule has 0 aliphatic carbocycles. The van der Waals surface area contributed by atoms with Crippen molar-refractivity contribution in [1.29, 1.82) is 0 Å². The lowest BCUT2D eigenvalue weighted by Gasteiger charge is -2.31. The van der Waals surface area contributed by atoms with Gasteiger partial charge in [0, 0.05) is 60.5 Å². The van der Waals surface area contributed by atoms with Gasteiger partial charge < -0.3 is 9.64 Å². The maximum Gasteiger partial charge on any atom is 0.323 e. The van der Waals surface area contributed by atoms with Crippen LogP contribution in [0, 0.1) is 11.6 Å². The van der Waals surface area contributed by atoms with Gasteiger partial charge in [0.15, 0.2) is 17.2 Å². The van der Waals surface area contributed by atoms with Gasteiger partial charge in [0.25, 0.3) is 0 Å². The van der Waals surface area contributed by atoms with Crippen LogP contribution < -0.4 is 4.74 Å². The van der Waals surface area contributed by atoms with E-state index < -0.39 is 21.8 Å². The lowest BCUT2D eigenvalue weighted by Crippen LogP contribution is -2.48. The van der Waals surface area contributed by atoms with Crippen molar-refractivity contribution < 1.29 is 21.9 Å². The van der Waals surface area contributed by atoms with Crippen molar-refractivity contribution in [3.63, 3.8) is 0 Å². The van der Waals surface area contributed by atoms with Gasteiger partial charge in [-0.3, -0.25) is 5.10 Å². The molecule has 4 heterocycles. The van der Waals surface area contributed by atoms with E-state index in [2.05, 4.69) is 25.2 Å². The third-order valence-electron chi connectivity index (χ3n) is 5.81. The van der Waals surface area contributed by atoms with Gasteiger partial charge in [-0.05, 0) is 19.2 Å². The molecule has 0 spiro atoms. The maximum absolute atomic E-state index is 14.2. The van der Waals surface area contributed by atoms with Crippen LogP contribution in [0.25, 0.3) is 33.4 Å². The van der Waals surface area contributed by atoms with Crippen LogP contribution in [0.2, 0.25) is 0 Å². The number of methoxy groups -OCH3 is 1. The number of hydrogen-bond donors (Lipinski definition) is 1. The van der Waals surface area contributed by atoms with Gasteiger partial charge in [-0.1, -0.05) is 0 Å². The minimum absolute atomic E-state index is 0.136. The van der Waals surface area contributed by atoms with E-state index in [0.29, 0.717) is 54.0 Å². The number of fused-ring (bicyclic) bond motifs is 1. The summed E-state index contributed by atoms with van der Waals surface area (Å²) in [6, 6.07) is 3.58. The molecular weight excluding hydrogens is 468 g/mol. The number of halogens is 2. The highest BCUT2D eigenvalue weighted by Crippen LogP contribution is 2.36. The topological polar surface area (TPSA) is 109 Å². The zero-order chi connectivity index (χ0) is 24.0. The Morgan fingerprint density at radius 3 is 2.56 bits per heavy atom. The van der Waals surface area contributed by atoms with Crippen LogP contribution in [0.15, 0.2) is 36.8 Å². The fourth-order valence-electron chi connectivity index (χ4n) is 3.93. The predicted octanol–water partition coefficient (Wildman–Crippen LogP) is 2.12. The van der Waals surface area contributed by atoms with Crippen molar-refractivity contribution >= 4 is 21.2 Å². The molecule has 4 aromatic rings. The Bertz CT molecular complexity index is 1480. The highest BCUT2D eigenvalue weighted by molar-refractivity contribution is 7.87. The van der Waals surface area contributed by atoms with Crippen molar-refractivity contribution in [2.75, 3.05) is 40.3 Å². The summed E-state index contributed by atoms with van der Waals surface area (Å²) in [5, 5.41) is 11.4. The number of likely N-dealkylation sites (N-methyl/N-ethyl adjacent to an activating group) is 1. The SMILES string of the molecule is COc1c(F)cc(F)cc1-c1[nH]nc2ncc(-c3cnn(S(=O)(=O)N4CCN(C)CC4)c3)cc12. The molecule has 3 aromatic heterocycles. The van der Waals surface area contributed by atoms with E-state index in [1.54, 1.807) is 6.07 Å². The molecule has 0 radical (unpaired) electrons. The highest BCUT2D eigenvalue weighted by Gasteiger charge is 2.28. The lowest BCUT2D eigenvalue weighted by atomic mass is 10.0. The number of nitrogens with zero attached hydrogens (tertiary/aromatic N) is 6. The van der Waals surface area contributed by atoms with E-state index in [0.717, 1.165) is 16.2 Å². The first-order valence-corrected chi connectivity index (χ1v) is 11.8. The number of rotatable bonds is 5. The van der Waals surface area contributed by atoms with E-state index >= 15 is 0 Å². The molecule has 178 valence electrons. The molecular formula is C21H21F2N7O3S. The summed E-state index contributed by atoms with van der Waals surface area (Å²) in [4.78, 5) is 6.36. The van der Waals surface area contributed by atoms with Crippen molar-refractivity contribution in [1.82, 2.24) is 33.6 Å². The van der Waals surface area contributed by atoms with Crippen LogP contribution in [-0.2, 0) is 10.2 Å². The first kappa shape index (κ1) is 22.4. The molecule has 0 atom stereocenters. The quantitative estimate of drug-likeness (QED) is 0.457. The molecule has 34 heavy (non-hydrogen) atoms. The second kappa shape index (κ2) is 8.42. The Morgan fingerprint density at radius 1 is 1.06 bits per heavy atom. The number of benzene rings is 1. The van der Waals surface area contributed by atoms with Gasteiger partial charge in [-0.25, -0.2) is 13.8 Å². The molecule has 0 bridgehead atoms. The molecule has 13 heteroatoms. The number of H-pyrrole nitrogens is 1. The zero-order valence-electron chi connectivity index (χ0n) is 18.4. The summed E-state index contributed by atoms with van der Waals surface area (Å²) in [7, 11) is -0.570. The minimum atomic E-state index is -3.80. The van der Waals surface area contributed by atoms with Crippen LogP contribution >= 0.6 is 0 Å². The molecule has 1 aliphatic heterocycles. The molecule has 1 aromatic carbocycles. The maximum atomic E-state index is 14.2. The Morgan fingerprint density at radius 2 is 1.82 bits per heavy atom. The van der Waals surface area contributed by atoms with Crippen molar-refractivity contribution in [2.45, 2.75) is 0 Å². The van der Waals surface area contributed by atoms with Crippen LogP contribution in [0.5, 0.6) is 5.75 Å². The average molecular weight is 490 g/mol. The summed E-state index contributed by atoms with van der Waals surface area (Å²) in [6.07, 6.45) is 4.37. The van der Waals surface area contributed by atoms with Crippen LogP contribution in [0.1, 0.15) is 0 Å². The van der Waals surface area contributed by atoms with E-state index in [-0.39, 0.29) is 11.3 Å². The van der Waals surface area contributed by atoms with Gasteiger partial charge in [0.05, 0.1) is 25.2 Å². The number of ether oxygens (including phenoxy) is 1. The number of aromatic amines is 1. The Labute approximate surface area is 193 Å². The summed E-state index contributed by atoms with van der Waals surface area (Å²) in [6.45, 7) is 2.04. The van der Waals surface area contributed by atoms with Crippen LogP contribution in [-0.4, -0.2) is 82.3 Å². The van der Waals surface area contributed by atoms with Crippen molar-refractivity contribution in [3.05, 3.63) is 48.4 Å². The zero-order valence-corrected chi connectivity index (χ0v) is 19.2. The number of pyridine rings is 1. The fourth-order valence-corrected chi connectivity index (χ4v) is 5.21.